The lowest BCUT2D eigenvalue weighted by atomic mass is 9.98. The molecule has 2 amide bonds. The number of halogens is 1. The topological polar surface area (TPSA) is 92.8 Å². The Labute approximate surface area is 233 Å². The summed E-state index contributed by atoms with van der Waals surface area (Å²) >= 11 is 6.67. The van der Waals surface area contributed by atoms with E-state index in [2.05, 4.69) is 32.6 Å². The van der Waals surface area contributed by atoms with Crippen LogP contribution in [0.4, 0.5) is 9.80 Å². The minimum atomic E-state index is -0.566. The van der Waals surface area contributed by atoms with E-state index in [0.717, 1.165) is 40.7 Å². The molecule has 1 unspecified atom stereocenters. The monoisotopic (exact) mass is 608 g/mol. The van der Waals surface area contributed by atoms with Gasteiger partial charge in [0.05, 0.1) is 22.9 Å². The fourth-order valence-corrected chi connectivity index (χ4v) is 6.99. The van der Waals surface area contributed by atoms with Crippen LogP contribution in [0, 0.1) is 0 Å². The van der Waals surface area contributed by atoms with Gasteiger partial charge in [0.2, 0.25) is 5.91 Å². The maximum absolute atomic E-state index is 12.9. The number of aromatic nitrogens is 1. The van der Waals surface area contributed by atoms with Crippen LogP contribution in [0.5, 0.6) is 0 Å². The molecule has 0 saturated heterocycles. The van der Waals surface area contributed by atoms with Gasteiger partial charge in [0, 0.05) is 48.1 Å². The van der Waals surface area contributed by atoms with Crippen molar-refractivity contribution in [3.05, 3.63) is 33.1 Å². The number of nitrogens with one attached hydrogen (secondary N) is 2. The summed E-state index contributed by atoms with van der Waals surface area (Å²) in [6.07, 6.45) is 0.690. The number of amides is 2. The summed E-state index contributed by atoms with van der Waals surface area (Å²) in [5, 5.41) is 8.01. The molecule has 8 nitrogen and oxygen atoms in total. The van der Waals surface area contributed by atoms with Crippen molar-refractivity contribution in [3.8, 4) is 10.6 Å². The van der Waals surface area contributed by atoms with Crippen molar-refractivity contribution in [1.29, 1.82) is 0 Å². The van der Waals surface area contributed by atoms with Crippen LogP contribution in [-0.4, -0.2) is 60.8 Å². The molecule has 4 rings (SSSR count). The number of hydrogen-bond donors (Lipinski definition) is 2. The van der Waals surface area contributed by atoms with Crippen LogP contribution >= 0.6 is 38.6 Å². The number of hydrogen-bond acceptors (Lipinski definition) is 8. The second-order valence-electron chi connectivity index (χ2n) is 9.92. The summed E-state index contributed by atoms with van der Waals surface area (Å²) in [7, 11) is 1.65. The highest BCUT2D eigenvalue weighted by atomic mass is 79.9. The first-order chi connectivity index (χ1) is 17.6. The SMILES string of the molecule is COCCNCCC(=O)Nc1sc2c(c1-c1nc3cc(Br)ccc3s1)CCN(C(=O)OC(C)(C)C)C2C. The molecule has 2 aromatic heterocycles. The minimum Gasteiger partial charge on any atom is -0.444 e. The molecule has 0 saturated carbocycles. The van der Waals surface area contributed by atoms with E-state index in [1.54, 1.807) is 23.3 Å². The Morgan fingerprint density at radius 2 is 2.03 bits per heavy atom. The largest absolute Gasteiger partial charge is 0.444 e. The zero-order valence-corrected chi connectivity index (χ0v) is 25.0. The van der Waals surface area contributed by atoms with Gasteiger partial charge in [-0.2, -0.15) is 0 Å². The second kappa shape index (κ2) is 11.8. The molecule has 0 spiro atoms. The molecule has 0 aliphatic carbocycles. The lowest BCUT2D eigenvalue weighted by molar-refractivity contribution is -0.116. The van der Waals surface area contributed by atoms with Gasteiger partial charge in [-0.05, 0) is 57.9 Å². The fourth-order valence-electron chi connectivity index (χ4n) is 4.22. The molecule has 37 heavy (non-hydrogen) atoms. The summed E-state index contributed by atoms with van der Waals surface area (Å²) in [4.78, 5) is 33.6. The van der Waals surface area contributed by atoms with E-state index in [4.69, 9.17) is 14.5 Å². The zero-order valence-electron chi connectivity index (χ0n) is 21.8. The summed E-state index contributed by atoms with van der Waals surface area (Å²) in [6.45, 7) is 10.0. The molecule has 0 radical (unpaired) electrons. The highest BCUT2D eigenvalue weighted by Crippen LogP contribution is 2.49. The first kappa shape index (κ1) is 28.0. The van der Waals surface area contributed by atoms with E-state index in [9.17, 15) is 9.59 Å². The molecule has 1 aliphatic rings. The predicted molar refractivity (Wildman–Crippen MR) is 154 cm³/mol. The standard InChI is InChI=1S/C26H33BrN4O4S2/c1-15-22-17(9-12-31(15)25(33)35-26(2,3)4)21(23-29-18-14-16(27)6-7-19(18)36-23)24(37-22)30-20(32)8-10-28-11-13-34-5/h6-7,14-15,28H,8-13H2,1-5H3,(H,30,32). The van der Waals surface area contributed by atoms with Crippen molar-refractivity contribution in [2.75, 3.05) is 38.7 Å². The lowest BCUT2D eigenvalue weighted by Crippen LogP contribution is -2.41. The number of ether oxygens (including phenoxy) is 2. The van der Waals surface area contributed by atoms with E-state index in [-0.39, 0.29) is 18.0 Å². The molecule has 0 fully saturated rings. The number of thiazole rings is 1. The highest BCUT2D eigenvalue weighted by Gasteiger charge is 2.36. The van der Waals surface area contributed by atoms with Gasteiger partial charge in [0.15, 0.2) is 0 Å². The third-order valence-electron chi connectivity index (χ3n) is 5.94. The maximum Gasteiger partial charge on any atom is 0.410 e. The first-order valence-corrected chi connectivity index (χ1v) is 14.7. The van der Waals surface area contributed by atoms with Gasteiger partial charge in [0.1, 0.15) is 15.6 Å². The van der Waals surface area contributed by atoms with Crippen LogP contribution in [0.25, 0.3) is 20.8 Å². The minimum absolute atomic E-state index is 0.0646. The smallest absolute Gasteiger partial charge is 0.410 e. The molecule has 1 aromatic carbocycles. The van der Waals surface area contributed by atoms with Crippen LogP contribution in [-0.2, 0) is 20.7 Å². The van der Waals surface area contributed by atoms with Crippen molar-refractivity contribution in [1.82, 2.24) is 15.2 Å². The third kappa shape index (κ3) is 6.69. The van der Waals surface area contributed by atoms with Gasteiger partial charge in [-0.3, -0.25) is 4.79 Å². The molecule has 3 aromatic rings. The number of rotatable bonds is 8. The van der Waals surface area contributed by atoms with Crippen LogP contribution < -0.4 is 10.6 Å². The van der Waals surface area contributed by atoms with Gasteiger partial charge in [-0.1, -0.05) is 15.9 Å². The Balaban J connectivity index is 1.65. The second-order valence-corrected chi connectivity index (χ2v) is 12.9. The van der Waals surface area contributed by atoms with E-state index >= 15 is 0 Å². The first-order valence-electron chi connectivity index (χ1n) is 12.3. The Morgan fingerprint density at radius 1 is 1.24 bits per heavy atom. The molecule has 1 atom stereocenters. The predicted octanol–water partition coefficient (Wildman–Crippen LogP) is 6.21. The molecular weight excluding hydrogens is 576 g/mol. The summed E-state index contributed by atoms with van der Waals surface area (Å²) in [6, 6.07) is 5.89. The Hall–Kier alpha value is -2.05. The van der Waals surface area contributed by atoms with Crippen LogP contribution in [0.2, 0.25) is 0 Å². The van der Waals surface area contributed by atoms with Crippen molar-refractivity contribution in [2.24, 2.45) is 0 Å². The zero-order chi connectivity index (χ0) is 26.7. The number of thiophene rings is 1. The lowest BCUT2D eigenvalue weighted by Gasteiger charge is -2.35. The molecule has 2 N–H and O–H groups in total. The van der Waals surface area contributed by atoms with Gasteiger partial charge in [-0.15, -0.1) is 22.7 Å². The molecule has 200 valence electrons. The third-order valence-corrected chi connectivity index (χ3v) is 8.81. The summed E-state index contributed by atoms with van der Waals surface area (Å²) in [5.74, 6) is -0.0646. The van der Waals surface area contributed by atoms with Crippen molar-refractivity contribution < 1.29 is 19.1 Å². The average molecular weight is 610 g/mol. The number of anilines is 1. The number of carbonyl (C=O) groups is 2. The number of benzene rings is 1. The highest BCUT2D eigenvalue weighted by molar-refractivity contribution is 9.10. The van der Waals surface area contributed by atoms with Crippen molar-refractivity contribution >= 4 is 65.8 Å². The Morgan fingerprint density at radius 3 is 2.76 bits per heavy atom. The molecule has 1 aliphatic heterocycles. The summed E-state index contributed by atoms with van der Waals surface area (Å²) < 4.78 is 12.8. The van der Waals surface area contributed by atoms with Crippen LogP contribution in [0.15, 0.2) is 22.7 Å². The summed E-state index contributed by atoms with van der Waals surface area (Å²) in [5.41, 5.74) is 2.45. The molecule has 11 heteroatoms. The average Bonchev–Trinajstić information content (AvgIpc) is 3.38. The number of fused-ring (bicyclic) bond motifs is 2. The Bertz CT molecular complexity index is 1280. The van der Waals surface area contributed by atoms with Crippen molar-refractivity contribution in [2.45, 2.75) is 52.2 Å². The maximum atomic E-state index is 12.9. The van der Waals surface area contributed by atoms with E-state index in [0.29, 0.717) is 39.1 Å². The molecule has 0 bridgehead atoms. The quantitative estimate of drug-likeness (QED) is 0.295. The number of carbonyl (C=O) groups excluding carboxylic acids is 2. The van der Waals surface area contributed by atoms with Gasteiger partial charge >= 0.3 is 6.09 Å². The number of methoxy groups -OCH3 is 1. The van der Waals surface area contributed by atoms with E-state index in [1.165, 1.54) is 11.3 Å². The van der Waals surface area contributed by atoms with Gasteiger partial charge in [0.25, 0.3) is 0 Å². The molecule has 3 heterocycles. The van der Waals surface area contributed by atoms with Gasteiger partial charge in [-0.25, -0.2) is 9.78 Å². The fraction of sp³-hybridized carbons (Fsp3) is 0.500. The van der Waals surface area contributed by atoms with Crippen molar-refractivity contribution in [3.63, 3.8) is 0 Å². The normalized spacial score (nSPS) is 15.6. The number of nitrogens with zero attached hydrogens (tertiary/aromatic N) is 2. The van der Waals surface area contributed by atoms with E-state index < -0.39 is 5.60 Å². The van der Waals surface area contributed by atoms with Crippen LogP contribution in [0.3, 0.4) is 0 Å². The Kier molecular flexibility index (Phi) is 8.90. The molecular formula is C26H33BrN4O4S2. The van der Waals surface area contributed by atoms with E-state index in [1.807, 2.05) is 39.8 Å². The van der Waals surface area contributed by atoms with Gasteiger partial charge < -0.3 is 25.0 Å². The van der Waals surface area contributed by atoms with Crippen LogP contribution in [0.1, 0.15) is 50.6 Å².